The summed E-state index contributed by atoms with van der Waals surface area (Å²) in [6.45, 7) is 20.6. The SMILES string of the molecule is C=C/C=C\C=CC.Cc1ccc(C(NN(C)C(C)c2ccccc2)C(C)c2ccccc2)cc1.Cc1ccccc1C.Cc1ccccc1C. The number of benzene rings is 5. The van der Waals surface area contributed by atoms with Gasteiger partial charge in [0, 0.05) is 19.0 Å². The van der Waals surface area contributed by atoms with Crippen LogP contribution in [-0.4, -0.2) is 12.1 Å². The van der Waals surface area contributed by atoms with E-state index in [4.69, 9.17) is 0 Å². The van der Waals surface area contributed by atoms with E-state index in [9.17, 15) is 0 Å². The highest BCUT2D eigenvalue weighted by Gasteiger charge is 2.24. The third-order valence-electron chi connectivity index (χ3n) is 8.87. The monoisotopic (exact) mass is 664 g/mol. The normalized spacial score (nSPS) is 12.4. The number of aryl methyl sites for hydroxylation is 5. The van der Waals surface area contributed by atoms with Gasteiger partial charge in [-0.15, -0.1) is 0 Å². The number of hydrazine groups is 1. The number of nitrogens with zero attached hydrogens (tertiary/aromatic N) is 1. The average molecular weight is 665 g/mol. The first-order chi connectivity index (χ1) is 24.1. The third kappa shape index (κ3) is 15.2. The molecule has 0 amide bonds. The first-order valence-corrected chi connectivity index (χ1v) is 17.7. The lowest BCUT2D eigenvalue weighted by molar-refractivity contribution is 0.137. The Kier molecular flexibility index (Phi) is 19.5. The summed E-state index contributed by atoms with van der Waals surface area (Å²) in [6.07, 6.45) is 9.51. The molecule has 3 atom stereocenters. The second-order valence-corrected chi connectivity index (χ2v) is 12.7. The summed E-state index contributed by atoms with van der Waals surface area (Å²) in [5.74, 6) is 0.347. The second-order valence-electron chi connectivity index (χ2n) is 12.7. The molecule has 0 radical (unpaired) electrons. The first-order valence-electron chi connectivity index (χ1n) is 17.7. The van der Waals surface area contributed by atoms with Crippen LogP contribution in [0.15, 0.2) is 170 Å². The molecule has 2 nitrogen and oxygen atoms in total. The van der Waals surface area contributed by atoms with Crippen LogP contribution in [0, 0.1) is 34.6 Å². The molecule has 0 aromatic heterocycles. The van der Waals surface area contributed by atoms with Crippen LogP contribution in [-0.2, 0) is 0 Å². The van der Waals surface area contributed by atoms with Gasteiger partial charge in [0.25, 0.3) is 0 Å². The van der Waals surface area contributed by atoms with Gasteiger partial charge < -0.3 is 0 Å². The van der Waals surface area contributed by atoms with Crippen LogP contribution in [0.4, 0.5) is 0 Å². The van der Waals surface area contributed by atoms with E-state index in [1.807, 2.05) is 31.2 Å². The molecule has 3 unspecified atom stereocenters. The molecular weight excluding hydrogens is 605 g/mol. The molecule has 0 aliphatic heterocycles. The van der Waals surface area contributed by atoms with Gasteiger partial charge in [0.1, 0.15) is 0 Å². The maximum Gasteiger partial charge on any atom is 0.0530 e. The summed E-state index contributed by atoms with van der Waals surface area (Å²) < 4.78 is 0. The summed E-state index contributed by atoms with van der Waals surface area (Å²) in [6, 6.07) is 47.5. The molecule has 5 aromatic carbocycles. The van der Waals surface area contributed by atoms with Crippen molar-refractivity contribution >= 4 is 0 Å². The van der Waals surface area contributed by atoms with Gasteiger partial charge in [0.05, 0.1) is 6.04 Å². The molecule has 0 spiro atoms. The Morgan fingerprint density at radius 3 is 1.34 bits per heavy atom. The van der Waals surface area contributed by atoms with Crippen molar-refractivity contribution in [3.05, 3.63) is 215 Å². The van der Waals surface area contributed by atoms with Crippen molar-refractivity contribution < 1.29 is 0 Å². The third-order valence-corrected chi connectivity index (χ3v) is 8.87. The van der Waals surface area contributed by atoms with E-state index < -0.39 is 0 Å². The number of rotatable bonds is 9. The van der Waals surface area contributed by atoms with Gasteiger partial charge in [-0.25, -0.2) is 10.4 Å². The fraction of sp³-hybridized carbons (Fsp3) is 0.250. The fourth-order valence-corrected chi connectivity index (χ4v) is 5.06. The van der Waals surface area contributed by atoms with Crippen LogP contribution in [0.2, 0.25) is 0 Å². The largest absolute Gasteiger partial charge is 0.247 e. The smallest absolute Gasteiger partial charge is 0.0530 e. The molecule has 0 aliphatic rings. The Balaban J connectivity index is 0.000000303. The zero-order chi connectivity index (χ0) is 36.7. The molecule has 50 heavy (non-hydrogen) atoms. The number of hydrogen-bond acceptors (Lipinski definition) is 2. The summed E-state index contributed by atoms with van der Waals surface area (Å²) >= 11 is 0. The molecule has 0 saturated heterocycles. The predicted octanol–water partition coefficient (Wildman–Crippen LogP) is 12.9. The van der Waals surface area contributed by atoms with Gasteiger partial charge in [0.2, 0.25) is 0 Å². The molecule has 262 valence electrons. The lowest BCUT2D eigenvalue weighted by Gasteiger charge is -2.34. The highest BCUT2D eigenvalue weighted by molar-refractivity contribution is 5.30. The van der Waals surface area contributed by atoms with E-state index in [0.29, 0.717) is 5.92 Å². The van der Waals surface area contributed by atoms with E-state index in [2.05, 4.69) is 206 Å². The van der Waals surface area contributed by atoms with Crippen molar-refractivity contribution in [3.63, 3.8) is 0 Å². The summed E-state index contributed by atoms with van der Waals surface area (Å²) in [5, 5.41) is 2.24. The first kappa shape index (κ1) is 41.4. The molecule has 0 heterocycles. The quantitative estimate of drug-likeness (QED) is 0.125. The molecule has 0 saturated carbocycles. The minimum absolute atomic E-state index is 0.198. The van der Waals surface area contributed by atoms with Gasteiger partial charge in [-0.1, -0.05) is 183 Å². The Bertz CT molecular complexity index is 1600. The lowest BCUT2D eigenvalue weighted by atomic mass is 9.88. The van der Waals surface area contributed by atoms with Crippen molar-refractivity contribution in [2.45, 2.75) is 73.4 Å². The molecule has 5 aromatic rings. The lowest BCUT2D eigenvalue weighted by Crippen LogP contribution is -2.41. The Hall–Kier alpha value is -4.76. The van der Waals surface area contributed by atoms with Crippen molar-refractivity contribution in [2.24, 2.45) is 0 Å². The van der Waals surface area contributed by atoms with E-state index in [1.165, 1.54) is 44.5 Å². The van der Waals surface area contributed by atoms with Crippen molar-refractivity contribution in [1.29, 1.82) is 0 Å². The van der Waals surface area contributed by atoms with Crippen molar-refractivity contribution in [2.75, 3.05) is 7.05 Å². The minimum atomic E-state index is 0.198. The Morgan fingerprint density at radius 2 is 0.940 bits per heavy atom. The number of hydrogen-bond donors (Lipinski definition) is 1. The second kappa shape index (κ2) is 23.6. The maximum atomic E-state index is 3.78. The summed E-state index contributed by atoms with van der Waals surface area (Å²) in [5.41, 5.74) is 14.5. The highest BCUT2D eigenvalue weighted by atomic mass is 15.5. The maximum absolute atomic E-state index is 3.78. The molecule has 1 N–H and O–H groups in total. The van der Waals surface area contributed by atoms with E-state index >= 15 is 0 Å². The predicted molar refractivity (Wildman–Crippen MR) is 221 cm³/mol. The van der Waals surface area contributed by atoms with Crippen LogP contribution in [0.25, 0.3) is 0 Å². The molecule has 0 bridgehead atoms. The zero-order valence-corrected chi connectivity index (χ0v) is 32.0. The Labute approximate surface area is 304 Å². The summed E-state index contributed by atoms with van der Waals surface area (Å²) in [4.78, 5) is 0. The van der Waals surface area contributed by atoms with E-state index in [-0.39, 0.29) is 12.1 Å². The molecule has 2 heteroatoms. The molecule has 5 rings (SSSR count). The molecule has 0 aliphatic carbocycles. The van der Waals surface area contributed by atoms with Crippen molar-refractivity contribution in [1.82, 2.24) is 10.4 Å². The van der Waals surface area contributed by atoms with Crippen LogP contribution in [0.5, 0.6) is 0 Å². The topological polar surface area (TPSA) is 15.3 Å². The standard InChI is InChI=1S/C25H30N2.2C8H10.C7H10/c1-19-15-17-24(18-16-19)25(20(2)22-11-7-5-8-12-22)26-27(4)21(3)23-13-9-6-10-14-23;2*1-7-5-3-4-6-8(7)2;1-3-5-7-6-4-2/h5-18,20-21,25-26H,1-4H3;2*3-6H,1-2H3;3-7H,1H2,2H3/b;;;6-4?,7-5-. The van der Waals surface area contributed by atoms with Crippen LogP contribution >= 0.6 is 0 Å². The fourth-order valence-electron chi connectivity index (χ4n) is 5.06. The number of allylic oxidation sites excluding steroid dienone is 5. The van der Waals surface area contributed by atoms with Crippen LogP contribution in [0.1, 0.15) is 83.3 Å². The minimum Gasteiger partial charge on any atom is -0.247 e. The molecular formula is C48H60N2. The van der Waals surface area contributed by atoms with Gasteiger partial charge in [-0.2, -0.15) is 0 Å². The molecule has 0 fully saturated rings. The van der Waals surface area contributed by atoms with Gasteiger partial charge in [-0.3, -0.25) is 0 Å². The van der Waals surface area contributed by atoms with Crippen LogP contribution in [0.3, 0.4) is 0 Å². The highest BCUT2D eigenvalue weighted by Crippen LogP contribution is 2.32. The van der Waals surface area contributed by atoms with Gasteiger partial charge >= 0.3 is 0 Å². The van der Waals surface area contributed by atoms with Gasteiger partial charge in [0.15, 0.2) is 0 Å². The van der Waals surface area contributed by atoms with Crippen molar-refractivity contribution in [3.8, 4) is 0 Å². The van der Waals surface area contributed by atoms with E-state index in [0.717, 1.165) is 0 Å². The Morgan fingerprint density at radius 1 is 0.520 bits per heavy atom. The summed E-state index contributed by atoms with van der Waals surface area (Å²) in [7, 11) is 2.14. The van der Waals surface area contributed by atoms with Gasteiger partial charge in [-0.05, 0) is 87.4 Å². The zero-order valence-electron chi connectivity index (χ0n) is 32.0. The average Bonchev–Trinajstić information content (AvgIpc) is 3.14. The van der Waals surface area contributed by atoms with E-state index in [1.54, 1.807) is 6.08 Å². The number of nitrogens with one attached hydrogen (secondary N) is 1. The van der Waals surface area contributed by atoms with Crippen LogP contribution < -0.4 is 5.43 Å².